The molecule has 1 aliphatic rings. The minimum atomic E-state index is -0.151. The van der Waals surface area contributed by atoms with Gasteiger partial charge in [0.1, 0.15) is 6.29 Å². The van der Waals surface area contributed by atoms with Crippen LogP contribution < -0.4 is 51.4 Å². The Morgan fingerprint density at radius 3 is 2.03 bits per heavy atom. The summed E-state index contributed by atoms with van der Waals surface area (Å²) in [6.45, 7) is 12.7. The van der Waals surface area contributed by atoms with Gasteiger partial charge in [-0.25, -0.2) is 4.98 Å². The number of aromatic nitrogens is 1. The van der Waals surface area contributed by atoms with Gasteiger partial charge < -0.3 is 15.4 Å². The van der Waals surface area contributed by atoms with Crippen LogP contribution in [0.1, 0.15) is 64.3 Å². The maximum atomic E-state index is 9.82. The van der Waals surface area contributed by atoms with Crippen molar-refractivity contribution >= 4 is 17.6 Å². The van der Waals surface area contributed by atoms with Gasteiger partial charge in [0.2, 0.25) is 0 Å². The van der Waals surface area contributed by atoms with Gasteiger partial charge in [-0.3, -0.25) is 0 Å². The molecule has 1 aliphatic heterocycles. The number of carbonyl (C=O) groups is 1. The third-order valence-electron chi connectivity index (χ3n) is 4.44. The van der Waals surface area contributed by atoms with Crippen molar-refractivity contribution in [2.75, 3.05) is 20.1 Å². The first-order valence-corrected chi connectivity index (χ1v) is 10.9. The second-order valence-electron chi connectivity index (χ2n) is 8.55. The molecule has 0 amide bonds. The summed E-state index contributed by atoms with van der Waals surface area (Å²) in [7, 11) is 2.17. The van der Waals surface area contributed by atoms with E-state index in [9.17, 15) is 4.79 Å². The molecular weight excluding hydrogens is 405 g/mol. The Balaban J connectivity index is 0.000000469. The standard InChI is InChI=1S/C12H13N2S.C6H12O.C5H11N.K/c1-8(13)10-3-5-11(6-4-10)12-9(2)14-7-15-12;1-6(2,3)4-5-7;1-6-4-2-3-5-6;/h3-8,13H,1-2H3;5H,4H2,1-3H3;2-5H2,1H3;/q-1;;;+1. The zero-order valence-corrected chi connectivity index (χ0v) is 23.2. The molecule has 0 spiro atoms. The molecule has 1 atom stereocenters. The Labute approximate surface area is 224 Å². The predicted octanol–water partition coefficient (Wildman–Crippen LogP) is 3.57. The average Bonchev–Trinajstić information content (AvgIpc) is 3.26. The van der Waals surface area contributed by atoms with E-state index in [1.807, 2.05) is 52.3 Å². The molecule has 6 heteroatoms. The van der Waals surface area contributed by atoms with E-state index >= 15 is 0 Å². The van der Waals surface area contributed by atoms with Crippen molar-refractivity contribution in [3.8, 4) is 10.4 Å². The molecule has 1 saturated heterocycles. The van der Waals surface area contributed by atoms with E-state index in [0.29, 0.717) is 6.42 Å². The number of thiazole rings is 1. The topological polar surface area (TPSA) is 57.0 Å². The van der Waals surface area contributed by atoms with Gasteiger partial charge in [-0.1, -0.05) is 57.5 Å². The van der Waals surface area contributed by atoms with Gasteiger partial charge >= 0.3 is 51.4 Å². The number of aldehydes is 1. The van der Waals surface area contributed by atoms with E-state index in [4.69, 9.17) is 5.73 Å². The number of hydrogen-bond donors (Lipinski definition) is 0. The monoisotopic (exact) mass is 441 g/mol. The molecule has 1 aromatic carbocycles. The first kappa shape index (κ1) is 29.1. The summed E-state index contributed by atoms with van der Waals surface area (Å²) in [6.07, 6.45) is 4.44. The number of nitrogens with zero attached hydrogens (tertiary/aromatic N) is 2. The van der Waals surface area contributed by atoms with Crippen molar-refractivity contribution in [3.63, 3.8) is 0 Å². The normalized spacial score (nSPS) is 14.6. The van der Waals surface area contributed by atoms with E-state index in [-0.39, 0.29) is 62.8 Å². The molecule has 2 aromatic rings. The third kappa shape index (κ3) is 12.5. The molecule has 0 saturated carbocycles. The third-order valence-corrected chi connectivity index (χ3v) is 5.42. The fraction of sp³-hybridized carbons (Fsp3) is 0.565. The van der Waals surface area contributed by atoms with E-state index in [1.165, 1.54) is 36.4 Å². The van der Waals surface area contributed by atoms with E-state index in [2.05, 4.69) is 29.1 Å². The zero-order valence-electron chi connectivity index (χ0n) is 19.3. The number of rotatable bonds is 3. The quantitative estimate of drug-likeness (QED) is 0.540. The van der Waals surface area contributed by atoms with E-state index in [0.717, 1.165) is 17.5 Å². The molecule has 4 nitrogen and oxygen atoms in total. The number of carbonyl (C=O) groups excluding carboxylic acids is 1. The fourth-order valence-corrected chi connectivity index (χ4v) is 3.44. The van der Waals surface area contributed by atoms with Gasteiger partial charge in [-0.05, 0) is 50.9 Å². The van der Waals surface area contributed by atoms with Crippen LogP contribution in [0.4, 0.5) is 0 Å². The maximum absolute atomic E-state index is 9.82. The molecule has 0 bridgehead atoms. The van der Waals surface area contributed by atoms with Crippen molar-refractivity contribution in [2.24, 2.45) is 5.41 Å². The van der Waals surface area contributed by atoms with Crippen LogP contribution >= 0.6 is 11.3 Å². The van der Waals surface area contributed by atoms with Crippen LogP contribution in [0.5, 0.6) is 0 Å². The van der Waals surface area contributed by atoms with Crippen LogP contribution in [0.3, 0.4) is 0 Å². The number of likely N-dealkylation sites (tertiary alicyclic amines) is 1. The Bertz CT molecular complexity index is 687. The van der Waals surface area contributed by atoms with Crippen molar-refractivity contribution in [1.82, 2.24) is 9.88 Å². The molecule has 0 radical (unpaired) electrons. The molecule has 1 unspecified atom stereocenters. The van der Waals surface area contributed by atoms with Crippen LogP contribution in [0.2, 0.25) is 0 Å². The molecule has 3 rings (SSSR count). The Kier molecular flexibility index (Phi) is 15.0. The van der Waals surface area contributed by atoms with Gasteiger partial charge in [0.25, 0.3) is 0 Å². The van der Waals surface area contributed by atoms with Crippen LogP contribution in [0.25, 0.3) is 16.2 Å². The number of nitrogens with one attached hydrogen (secondary N) is 1. The van der Waals surface area contributed by atoms with Crippen LogP contribution in [-0.2, 0) is 4.79 Å². The maximum Gasteiger partial charge on any atom is 1.00 e. The SMILES string of the molecule is CC(C)(C)CC=O.CN1CCCC1.Cc1ncsc1-c1ccc(C(C)[NH-])cc1.[K+]. The van der Waals surface area contributed by atoms with Crippen molar-refractivity contribution in [2.45, 2.75) is 59.9 Å². The fourth-order valence-electron chi connectivity index (χ4n) is 2.63. The van der Waals surface area contributed by atoms with E-state index in [1.54, 1.807) is 11.3 Å². The Morgan fingerprint density at radius 2 is 1.76 bits per heavy atom. The van der Waals surface area contributed by atoms with Gasteiger partial charge in [0, 0.05) is 6.42 Å². The van der Waals surface area contributed by atoms with Gasteiger partial charge in [0.05, 0.1) is 16.1 Å². The molecule has 1 N–H and O–H groups in total. The average molecular weight is 442 g/mol. The molecule has 0 aliphatic carbocycles. The van der Waals surface area contributed by atoms with Gasteiger partial charge in [-0.15, -0.1) is 17.4 Å². The summed E-state index contributed by atoms with van der Waals surface area (Å²) >= 11 is 1.66. The summed E-state index contributed by atoms with van der Waals surface area (Å²) in [5, 5.41) is 0. The summed E-state index contributed by atoms with van der Waals surface area (Å²) in [4.78, 5) is 17.6. The van der Waals surface area contributed by atoms with Gasteiger partial charge in [0.15, 0.2) is 0 Å². The first-order chi connectivity index (χ1) is 13.1. The van der Waals surface area contributed by atoms with Crippen molar-refractivity contribution in [1.29, 1.82) is 0 Å². The van der Waals surface area contributed by atoms with Crippen LogP contribution in [0, 0.1) is 12.3 Å². The summed E-state index contributed by atoms with van der Waals surface area (Å²) in [6, 6.07) is 8.03. The second kappa shape index (κ2) is 15.0. The summed E-state index contributed by atoms with van der Waals surface area (Å²) in [5.74, 6) is 0. The minimum absolute atomic E-state index is 0. The van der Waals surface area contributed by atoms with Gasteiger partial charge in [-0.2, -0.15) is 0 Å². The summed E-state index contributed by atoms with van der Waals surface area (Å²) < 4.78 is 0. The number of benzene rings is 1. The largest absolute Gasteiger partial charge is 1.00 e. The first-order valence-electron chi connectivity index (χ1n) is 9.97. The minimum Gasteiger partial charge on any atom is -0.671 e. The molecular formula is C23H36KN3OS. The summed E-state index contributed by atoms with van der Waals surface area (Å²) in [5.41, 5.74) is 13.0. The molecule has 156 valence electrons. The second-order valence-corrected chi connectivity index (χ2v) is 9.41. The van der Waals surface area contributed by atoms with Crippen molar-refractivity contribution in [3.05, 3.63) is 46.8 Å². The zero-order chi connectivity index (χ0) is 21.2. The molecule has 2 heterocycles. The predicted molar refractivity (Wildman–Crippen MR) is 122 cm³/mol. The number of aryl methyl sites for hydroxylation is 1. The van der Waals surface area contributed by atoms with Crippen molar-refractivity contribution < 1.29 is 56.2 Å². The number of hydrogen-bond acceptors (Lipinski definition) is 4. The molecule has 1 aromatic heterocycles. The Morgan fingerprint density at radius 1 is 1.21 bits per heavy atom. The van der Waals surface area contributed by atoms with Crippen LogP contribution in [-0.4, -0.2) is 36.3 Å². The Hall–Kier alpha value is 0.0764. The molecule has 29 heavy (non-hydrogen) atoms. The smallest absolute Gasteiger partial charge is 0.671 e. The molecule has 1 fully saturated rings. The van der Waals surface area contributed by atoms with Crippen LogP contribution in [0.15, 0.2) is 29.8 Å². The van der Waals surface area contributed by atoms with E-state index < -0.39 is 0 Å².